The second-order valence-corrected chi connectivity index (χ2v) is 6.96. The third-order valence-corrected chi connectivity index (χ3v) is 5.92. The summed E-state index contributed by atoms with van der Waals surface area (Å²) in [6.45, 7) is 0. The van der Waals surface area contributed by atoms with Crippen molar-refractivity contribution in [1.29, 1.82) is 0 Å². The molecule has 0 nitrogen and oxygen atoms in total. The molecular formula is C18H16AgP+. The molecule has 0 aliphatic rings. The maximum atomic E-state index is 2.24. The van der Waals surface area contributed by atoms with Crippen molar-refractivity contribution in [3.05, 3.63) is 91.0 Å². The first-order chi connectivity index (χ1) is 9.45. The molecule has 0 unspecified atom stereocenters. The van der Waals surface area contributed by atoms with Crippen molar-refractivity contribution in [2.24, 2.45) is 0 Å². The quantitative estimate of drug-likeness (QED) is 0.490. The average Bonchev–Trinajstić information content (AvgIpc) is 2.51. The van der Waals surface area contributed by atoms with E-state index < -0.39 is 7.92 Å². The van der Waals surface area contributed by atoms with Crippen LogP contribution in [0.4, 0.5) is 0 Å². The Morgan fingerprint density at radius 2 is 0.650 bits per heavy atom. The Morgan fingerprint density at radius 1 is 0.400 bits per heavy atom. The van der Waals surface area contributed by atoms with Crippen LogP contribution < -0.4 is 15.9 Å². The van der Waals surface area contributed by atoms with E-state index in [1.165, 1.54) is 15.9 Å². The summed E-state index contributed by atoms with van der Waals surface area (Å²) in [7, 11) is -0.877. The van der Waals surface area contributed by atoms with Crippen molar-refractivity contribution >= 4 is 23.8 Å². The largest absolute Gasteiger partial charge is 0.102 e. The van der Waals surface area contributed by atoms with Gasteiger partial charge in [-0.1, -0.05) is 54.6 Å². The normalized spacial score (nSPS) is 10.1. The Kier molecular flexibility index (Phi) is 5.76. The van der Waals surface area contributed by atoms with E-state index in [1.54, 1.807) is 0 Å². The van der Waals surface area contributed by atoms with Gasteiger partial charge >= 0.3 is 0 Å². The summed E-state index contributed by atoms with van der Waals surface area (Å²) >= 11 is 0. The summed E-state index contributed by atoms with van der Waals surface area (Å²) < 4.78 is 0. The smallest absolute Gasteiger partial charge is 0.0620 e. The van der Waals surface area contributed by atoms with Crippen molar-refractivity contribution in [3.63, 3.8) is 0 Å². The van der Waals surface area contributed by atoms with Crippen LogP contribution in [0.3, 0.4) is 0 Å². The summed E-state index contributed by atoms with van der Waals surface area (Å²) in [5.41, 5.74) is 0. The fourth-order valence-corrected chi connectivity index (χ4v) is 4.89. The van der Waals surface area contributed by atoms with Crippen LogP contribution >= 0.6 is 7.92 Å². The van der Waals surface area contributed by atoms with Crippen molar-refractivity contribution < 1.29 is 22.4 Å². The van der Waals surface area contributed by atoms with Crippen LogP contribution in [-0.2, 0) is 22.4 Å². The van der Waals surface area contributed by atoms with E-state index in [0.717, 1.165) is 0 Å². The van der Waals surface area contributed by atoms with E-state index in [4.69, 9.17) is 0 Å². The van der Waals surface area contributed by atoms with Gasteiger partial charge in [0.05, 0.1) is 7.92 Å². The Labute approximate surface area is 137 Å². The third-order valence-electron chi connectivity index (χ3n) is 3.19. The van der Waals surface area contributed by atoms with Crippen molar-refractivity contribution in [2.45, 2.75) is 0 Å². The molecule has 1 radical (unpaired) electrons. The maximum Gasteiger partial charge on any atom is 0.102 e. The van der Waals surface area contributed by atoms with Gasteiger partial charge in [0.2, 0.25) is 0 Å². The zero-order chi connectivity index (χ0) is 12.9. The second kappa shape index (κ2) is 7.57. The summed E-state index contributed by atoms with van der Waals surface area (Å²) in [5, 5.41) is 4.31. The van der Waals surface area contributed by atoms with Crippen LogP contribution in [0.1, 0.15) is 0 Å². The summed E-state index contributed by atoms with van der Waals surface area (Å²) in [5.74, 6) is 0. The van der Waals surface area contributed by atoms with Crippen LogP contribution in [0.25, 0.3) is 0 Å². The first-order valence-corrected chi connectivity index (χ1v) is 7.98. The molecule has 0 N–H and O–H groups in total. The molecule has 0 atom stereocenters. The SMILES string of the molecule is [Ag].c1ccc([PH+](c2ccccc2)c2ccccc2)cc1. The van der Waals surface area contributed by atoms with Crippen LogP contribution in [0.2, 0.25) is 0 Å². The fourth-order valence-electron chi connectivity index (χ4n) is 2.31. The van der Waals surface area contributed by atoms with E-state index in [1.807, 2.05) is 0 Å². The minimum Gasteiger partial charge on any atom is -0.0620 e. The van der Waals surface area contributed by atoms with E-state index in [0.29, 0.717) is 0 Å². The molecule has 3 aromatic carbocycles. The molecule has 3 aromatic rings. The molecule has 0 aromatic heterocycles. The molecule has 0 amide bonds. The van der Waals surface area contributed by atoms with Crippen molar-refractivity contribution in [3.8, 4) is 0 Å². The summed E-state index contributed by atoms with van der Waals surface area (Å²) in [6, 6.07) is 32.5. The number of benzene rings is 3. The van der Waals surface area contributed by atoms with Crippen molar-refractivity contribution in [1.82, 2.24) is 0 Å². The minimum atomic E-state index is -0.877. The van der Waals surface area contributed by atoms with Crippen LogP contribution in [0, 0.1) is 0 Å². The molecule has 2 heteroatoms. The summed E-state index contributed by atoms with van der Waals surface area (Å²) in [6.07, 6.45) is 0. The molecule has 0 aliphatic carbocycles. The first kappa shape index (κ1) is 15.2. The molecule has 20 heavy (non-hydrogen) atoms. The predicted octanol–water partition coefficient (Wildman–Crippen LogP) is 3.17. The zero-order valence-electron chi connectivity index (χ0n) is 11.0. The van der Waals surface area contributed by atoms with Gasteiger partial charge in [0, 0.05) is 22.4 Å². The molecule has 0 bridgehead atoms. The van der Waals surface area contributed by atoms with Gasteiger partial charge in [0.25, 0.3) is 0 Å². The van der Waals surface area contributed by atoms with Crippen LogP contribution in [0.5, 0.6) is 0 Å². The van der Waals surface area contributed by atoms with Gasteiger partial charge in [0.15, 0.2) is 0 Å². The molecule has 0 spiro atoms. The van der Waals surface area contributed by atoms with Gasteiger partial charge in [-0.05, 0) is 36.4 Å². The zero-order valence-corrected chi connectivity index (χ0v) is 13.4. The average molecular weight is 371 g/mol. The molecule has 103 valence electrons. The number of rotatable bonds is 3. The van der Waals surface area contributed by atoms with Crippen LogP contribution in [0.15, 0.2) is 91.0 Å². The van der Waals surface area contributed by atoms with Gasteiger partial charge < -0.3 is 0 Å². The van der Waals surface area contributed by atoms with Gasteiger partial charge in [-0.3, -0.25) is 0 Å². The van der Waals surface area contributed by atoms with Gasteiger partial charge in [-0.15, -0.1) is 0 Å². The fraction of sp³-hybridized carbons (Fsp3) is 0. The Balaban J connectivity index is 0.00000147. The molecular weight excluding hydrogens is 355 g/mol. The van der Waals surface area contributed by atoms with Gasteiger partial charge in [-0.2, -0.15) is 0 Å². The van der Waals surface area contributed by atoms with E-state index in [2.05, 4.69) is 91.0 Å². The molecule has 0 saturated carbocycles. The molecule has 0 fully saturated rings. The van der Waals surface area contributed by atoms with E-state index >= 15 is 0 Å². The Hall–Kier alpha value is -1.17. The Morgan fingerprint density at radius 3 is 0.900 bits per heavy atom. The summed E-state index contributed by atoms with van der Waals surface area (Å²) in [4.78, 5) is 0. The maximum absolute atomic E-state index is 2.24. The third kappa shape index (κ3) is 3.48. The monoisotopic (exact) mass is 370 g/mol. The van der Waals surface area contributed by atoms with Crippen LogP contribution in [-0.4, -0.2) is 0 Å². The molecule has 0 aliphatic heterocycles. The van der Waals surface area contributed by atoms with Gasteiger partial charge in [0.1, 0.15) is 15.9 Å². The standard InChI is InChI=1S/C18H15P.Ag/c1-4-10-16(11-5-1)19(17-12-6-2-7-13-17)18-14-8-3-9-15-18;/h1-15H;/p+1. The molecule has 3 rings (SSSR count). The predicted molar refractivity (Wildman–Crippen MR) is 86.5 cm³/mol. The number of hydrogen-bond acceptors (Lipinski definition) is 0. The van der Waals surface area contributed by atoms with Gasteiger partial charge in [-0.25, -0.2) is 0 Å². The second-order valence-electron chi connectivity index (χ2n) is 4.47. The minimum absolute atomic E-state index is 0. The Bertz CT molecular complexity index is 529. The number of hydrogen-bond donors (Lipinski definition) is 0. The molecule has 0 saturated heterocycles. The van der Waals surface area contributed by atoms with Crippen molar-refractivity contribution in [2.75, 3.05) is 0 Å². The van der Waals surface area contributed by atoms with E-state index in [9.17, 15) is 0 Å². The first-order valence-electron chi connectivity index (χ1n) is 6.48. The topological polar surface area (TPSA) is 0 Å². The molecule has 0 heterocycles. The van der Waals surface area contributed by atoms with E-state index in [-0.39, 0.29) is 22.4 Å².